The molecule has 2 aromatic heterocycles. The van der Waals surface area contributed by atoms with Crippen molar-refractivity contribution in [1.29, 1.82) is 0 Å². The third-order valence-electron chi connectivity index (χ3n) is 3.79. The van der Waals surface area contributed by atoms with E-state index in [1.165, 1.54) is 0 Å². The first-order valence-electron chi connectivity index (χ1n) is 7.06. The van der Waals surface area contributed by atoms with Gasteiger partial charge in [-0.1, -0.05) is 6.92 Å². The molecule has 7 heteroatoms. The van der Waals surface area contributed by atoms with Gasteiger partial charge in [0.05, 0.1) is 12.4 Å². The molecule has 1 aliphatic rings. The van der Waals surface area contributed by atoms with Crippen molar-refractivity contribution in [2.24, 2.45) is 5.92 Å². The van der Waals surface area contributed by atoms with Crippen molar-refractivity contribution in [2.75, 3.05) is 30.8 Å². The van der Waals surface area contributed by atoms with E-state index >= 15 is 0 Å². The summed E-state index contributed by atoms with van der Waals surface area (Å²) in [6, 6.07) is 0. The highest BCUT2D eigenvalue weighted by molar-refractivity contribution is 5.83. The first-order chi connectivity index (χ1) is 9.81. The minimum atomic E-state index is 0.352. The Labute approximate surface area is 117 Å². The van der Waals surface area contributed by atoms with Crippen LogP contribution in [0.25, 0.3) is 11.2 Å². The van der Waals surface area contributed by atoms with Gasteiger partial charge in [0.1, 0.15) is 5.52 Å². The number of hydrogen-bond donors (Lipinski definition) is 3. The molecular formula is C13H20N6O. The van der Waals surface area contributed by atoms with Crippen molar-refractivity contribution in [1.82, 2.24) is 19.9 Å². The van der Waals surface area contributed by atoms with Crippen LogP contribution in [-0.2, 0) is 4.74 Å². The molecule has 3 N–H and O–H groups in total. The molecule has 0 amide bonds. The molecule has 2 unspecified atom stereocenters. The second kappa shape index (κ2) is 5.62. The predicted molar refractivity (Wildman–Crippen MR) is 77.9 cm³/mol. The van der Waals surface area contributed by atoms with Crippen molar-refractivity contribution in [3.05, 3.63) is 6.33 Å². The monoisotopic (exact) mass is 276 g/mol. The first kappa shape index (κ1) is 13.1. The molecule has 3 rings (SSSR count). The third-order valence-corrected chi connectivity index (χ3v) is 3.79. The molecule has 0 spiro atoms. The van der Waals surface area contributed by atoms with Crippen LogP contribution in [0.2, 0.25) is 0 Å². The Hall–Kier alpha value is -1.89. The molecule has 2 atom stereocenters. The van der Waals surface area contributed by atoms with E-state index in [0.717, 1.165) is 37.3 Å². The second-order valence-electron chi connectivity index (χ2n) is 4.99. The van der Waals surface area contributed by atoms with Gasteiger partial charge in [-0.15, -0.1) is 0 Å². The maximum atomic E-state index is 5.72. The molecular weight excluding hydrogens is 256 g/mol. The molecule has 0 bridgehead atoms. The number of rotatable bonds is 5. The van der Waals surface area contributed by atoms with Gasteiger partial charge >= 0.3 is 0 Å². The van der Waals surface area contributed by atoms with E-state index in [1.807, 2.05) is 0 Å². The molecule has 0 radical (unpaired) electrons. The molecule has 0 aromatic carbocycles. The molecule has 1 aliphatic heterocycles. The van der Waals surface area contributed by atoms with Gasteiger partial charge in [-0.2, -0.15) is 9.97 Å². The van der Waals surface area contributed by atoms with Crippen LogP contribution in [0.5, 0.6) is 0 Å². The highest BCUT2D eigenvalue weighted by Gasteiger charge is 2.26. The zero-order chi connectivity index (χ0) is 13.9. The molecule has 20 heavy (non-hydrogen) atoms. The van der Waals surface area contributed by atoms with Crippen molar-refractivity contribution < 1.29 is 4.74 Å². The number of aromatic nitrogens is 4. The van der Waals surface area contributed by atoms with Crippen molar-refractivity contribution in [2.45, 2.75) is 25.9 Å². The number of H-pyrrole nitrogens is 1. The van der Waals surface area contributed by atoms with Crippen molar-refractivity contribution in [3.8, 4) is 0 Å². The summed E-state index contributed by atoms with van der Waals surface area (Å²) in [5.41, 5.74) is 1.51. The number of imidazole rings is 1. The number of nitrogens with zero attached hydrogens (tertiary/aromatic N) is 3. The standard InChI is InChI=1S/C13H20N6O/c1-3-9-8(4-5-20-9)6-15-11-10-12(17-7-16-10)19-13(14-2)18-11/h7-9H,3-6H2,1-2H3,(H3,14,15,16,17,18,19). The lowest BCUT2D eigenvalue weighted by Crippen LogP contribution is -2.23. The molecule has 3 heterocycles. The van der Waals surface area contributed by atoms with Crippen molar-refractivity contribution >= 4 is 22.9 Å². The summed E-state index contributed by atoms with van der Waals surface area (Å²) >= 11 is 0. The van der Waals surface area contributed by atoms with Crippen LogP contribution in [0.3, 0.4) is 0 Å². The minimum absolute atomic E-state index is 0.352. The van der Waals surface area contributed by atoms with Gasteiger partial charge in [-0.3, -0.25) is 0 Å². The van der Waals surface area contributed by atoms with Crippen molar-refractivity contribution in [3.63, 3.8) is 0 Å². The summed E-state index contributed by atoms with van der Waals surface area (Å²) in [6.45, 7) is 3.88. The van der Waals surface area contributed by atoms with E-state index in [0.29, 0.717) is 23.6 Å². The summed E-state index contributed by atoms with van der Waals surface area (Å²) < 4.78 is 5.72. The second-order valence-corrected chi connectivity index (χ2v) is 4.99. The zero-order valence-electron chi connectivity index (χ0n) is 11.8. The molecule has 108 valence electrons. The lowest BCUT2D eigenvalue weighted by molar-refractivity contribution is 0.0900. The Bertz CT molecular complexity index is 583. The molecule has 1 saturated heterocycles. The first-order valence-corrected chi connectivity index (χ1v) is 7.06. The Balaban J connectivity index is 1.78. The van der Waals surface area contributed by atoms with E-state index in [2.05, 4.69) is 37.5 Å². The fraction of sp³-hybridized carbons (Fsp3) is 0.615. The smallest absolute Gasteiger partial charge is 0.226 e. The Morgan fingerprint density at radius 1 is 1.45 bits per heavy atom. The summed E-state index contributed by atoms with van der Waals surface area (Å²) in [5, 5.41) is 6.37. The van der Waals surface area contributed by atoms with Gasteiger partial charge in [-0.05, 0) is 12.8 Å². The van der Waals surface area contributed by atoms with Crippen LogP contribution < -0.4 is 10.6 Å². The number of anilines is 2. The van der Waals surface area contributed by atoms with Gasteiger partial charge < -0.3 is 20.4 Å². The minimum Gasteiger partial charge on any atom is -0.378 e. The summed E-state index contributed by atoms with van der Waals surface area (Å²) in [4.78, 5) is 16.0. The molecule has 1 fully saturated rings. The largest absolute Gasteiger partial charge is 0.378 e. The highest BCUT2D eigenvalue weighted by Crippen LogP contribution is 2.25. The van der Waals surface area contributed by atoms with Gasteiger partial charge in [0.2, 0.25) is 5.95 Å². The zero-order valence-corrected chi connectivity index (χ0v) is 11.8. The van der Waals surface area contributed by atoms with Crippen LogP contribution in [0.4, 0.5) is 11.8 Å². The molecule has 0 aliphatic carbocycles. The molecule has 2 aromatic rings. The lowest BCUT2D eigenvalue weighted by Gasteiger charge is -2.17. The van der Waals surface area contributed by atoms with E-state index in [1.54, 1.807) is 13.4 Å². The number of hydrogen-bond acceptors (Lipinski definition) is 6. The quantitative estimate of drug-likeness (QED) is 0.769. The van der Waals surface area contributed by atoms with Gasteiger partial charge in [-0.25, -0.2) is 4.98 Å². The SMILES string of the molecule is CCC1OCCC1CNc1nc(NC)nc2nc[nH]c12. The van der Waals surface area contributed by atoms with E-state index in [-0.39, 0.29) is 0 Å². The predicted octanol–water partition coefficient (Wildman–Crippen LogP) is 1.62. The highest BCUT2D eigenvalue weighted by atomic mass is 16.5. The van der Waals surface area contributed by atoms with Crippen LogP contribution in [-0.4, -0.2) is 46.2 Å². The van der Waals surface area contributed by atoms with Crippen LogP contribution in [0.1, 0.15) is 19.8 Å². The Morgan fingerprint density at radius 2 is 2.35 bits per heavy atom. The fourth-order valence-corrected chi connectivity index (χ4v) is 2.68. The van der Waals surface area contributed by atoms with Crippen LogP contribution in [0, 0.1) is 5.92 Å². The average molecular weight is 276 g/mol. The Kier molecular flexibility index (Phi) is 3.68. The summed E-state index contributed by atoms with van der Waals surface area (Å²) in [7, 11) is 1.80. The summed E-state index contributed by atoms with van der Waals surface area (Å²) in [6.07, 6.45) is 4.14. The number of nitrogens with one attached hydrogen (secondary N) is 3. The maximum Gasteiger partial charge on any atom is 0.226 e. The maximum absolute atomic E-state index is 5.72. The summed E-state index contributed by atoms with van der Waals surface area (Å²) in [5.74, 6) is 1.89. The van der Waals surface area contributed by atoms with Gasteiger partial charge in [0, 0.05) is 26.1 Å². The van der Waals surface area contributed by atoms with Crippen LogP contribution in [0.15, 0.2) is 6.33 Å². The number of ether oxygens (including phenoxy) is 1. The topological polar surface area (TPSA) is 87.8 Å². The van der Waals surface area contributed by atoms with Gasteiger partial charge in [0.25, 0.3) is 0 Å². The third kappa shape index (κ3) is 2.40. The average Bonchev–Trinajstić information content (AvgIpc) is 3.12. The van der Waals surface area contributed by atoms with E-state index < -0.39 is 0 Å². The van der Waals surface area contributed by atoms with E-state index in [9.17, 15) is 0 Å². The Morgan fingerprint density at radius 3 is 3.15 bits per heavy atom. The number of fused-ring (bicyclic) bond motifs is 1. The molecule has 0 saturated carbocycles. The number of aromatic amines is 1. The lowest BCUT2D eigenvalue weighted by atomic mass is 10.00. The normalized spacial score (nSPS) is 22.3. The fourth-order valence-electron chi connectivity index (χ4n) is 2.68. The van der Waals surface area contributed by atoms with Crippen LogP contribution >= 0.6 is 0 Å². The molecule has 7 nitrogen and oxygen atoms in total. The van der Waals surface area contributed by atoms with E-state index in [4.69, 9.17) is 4.74 Å². The van der Waals surface area contributed by atoms with Gasteiger partial charge in [0.15, 0.2) is 11.5 Å².